The van der Waals surface area contributed by atoms with Crippen LogP contribution in [0.2, 0.25) is 0 Å². The fourth-order valence-electron chi connectivity index (χ4n) is 3.07. The molecule has 0 bridgehead atoms. The Morgan fingerprint density at radius 3 is 2.57 bits per heavy atom. The summed E-state index contributed by atoms with van der Waals surface area (Å²) in [6.45, 7) is 2.03. The Balaban J connectivity index is 2.08. The molecule has 0 aliphatic carbocycles. The number of carboxylic acids is 1. The number of carbonyl (C=O) groups is 1. The predicted octanol–water partition coefficient (Wildman–Crippen LogP) is 1.20. The zero-order chi connectivity index (χ0) is 14.8. The highest BCUT2D eigenvalue weighted by Crippen LogP contribution is 2.23. The number of nitrogens with one attached hydrogen (secondary N) is 1. The number of nitrogens with zero attached hydrogens (tertiary/aromatic N) is 2. The second-order valence-corrected chi connectivity index (χ2v) is 5.42. The lowest BCUT2D eigenvalue weighted by Crippen LogP contribution is -2.35. The summed E-state index contributed by atoms with van der Waals surface area (Å²) in [6.07, 6.45) is 1.81. The first-order chi connectivity index (χ1) is 10.2. The van der Waals surface area contributed by atoms with Gasteiger partial charge in [-0.3, -0.25) is 13.9 Å². The second-order valence-electron chi connectivity index (χ2n) is 5.42. The van der Waals surface area contributed by atoms with Crippen LogP contribution < -0.4 is 11.0 Å². The van der Waals surface area contributed by atoms with Crippen LogP contribution in [0, 0.1) is 0 Å². The maximum atomic E-state index is 12.7. The SMILES string of the molecule is O=C(O)CCn1c(=O)n(C2CCNCC2)c2ccccc21. The van der Waals surface area contributed by atoms with Crippen molar-refractivity contribution in [2.75, 3.05) is 13.1 Å². The average Bonchev–Trinajstić information content (AvgIpc) is 2.78. The summed E-state index contributed by atoms with van der Waals surface area (Å²) >= 11 is 0. The highest BCUT2D eigenvalue weighted by atomic mass is 16.4. The lowest BCUT2D eigenvalue weighted by molar-refractivity contribution is -0.137. The minimum Gasteiger partial charge on any atom is -0.481 e. The van der Waals surface area contributed by atoms with Gasteiger partial charge in [-0.2, -0.15) is 0 Å². The molecule has 2 heterocycles. The summed E-state index contributed by atoms with van der Waals surface area (Å²) in [5.74, 6) is -0.888. The maximum Gasteiger partial charge on any atom is 0.329 e. The lowest BCUT2D eigenvalue weighted by atomic mass is 10.1. The molecule has 112 valence electrons. The number of hydrogen-bond acceptors (Lipinski definition) is 3. The molecular formula is C15H19N3O3. The number of fused-ring (bicyclic) bond motifs is 1. The van der Waals surface area contributed by atoms with Crippen LogP contribution in [0.4, 0.5) is 0 Å². The Morgan fingerprint density at radius 2 is 1.90 bits per heavy atom. The summed E-state index contributed by atoms with van der Waals surface area (Å²) in [5, 5.41) is 12.2. The van der Waals surface area contributed by atoms with Crippen molar-refractivity contribution in [2.24, 2.45) is 0 Å². The molecule has 1 aromatic heterocycles. The molecule has 1 aromatic carbocycles. The standard InChI is InChI=1S/C15H19N3O3/c19-14(20)7-10-17-12-3-1-2-4-13(12)18(15(17)21)11-5-8-16-9-6-11/h1-4,11,16H,5-10H2,(H,19,20). The van der Waals surface area contributed by atoms with Crippen LogP contribution in [-0.2, 0) is 11.3 Å². The summed E-state index contributed by atoms with van der Waals surface area (Å²) < 4.78 is 3.43. The fourth-order valence-corrected chi connectivity index (χ4v) is 3.07. The van der Waals surface area contributed by atoms with Crippen LogP contribution in [-0.4, -0.2) is 33.3 Å². The third kappa shape index (κ3) is 2.58. The van der Waals surface area contributed by atoms with Gasteiger partial charge in [0.05, 0.1) is 17.5 Å². The number of benzene rings is 1. The molecule has 0 spiro atoms. The van der Waals surface area contributed by atoms with Crippen molar-refractivity contribution >= 4 is 17.0 Å². The first-order valence-electron chi connectivity index (χ1n) is 7.31. The fraction of sp³-hybridized carbons (Fsp3) is 0.467. The Kier molecular flexibility index (Phi) is 3.79. The number of carboxylic acid groups (broad SMARTS) is 1. The number of piperidine rings is 1. The molecule has 2 N–H and O–H groups in total. The van der Waals surface area contributed by atoms with Crippen LogP contribution in [0.3, 0.4) is 0 Å². The minimum absolute atomic E-state index is 0.0415. The Bertz CT molecular complexity index is 711. The van der Waals surface area contributed by atoms with Gasteiger partial charge in [0.1, 0.15) is 0 Å². The van der Waals surface area contributed by atoms with E-state index >= 15 is 0 Å². The molecule has 0 atom stereocenters. The van der Waals surface area contributed by atoms with Gasteiger partial charge in [-0.15, -0.1) is 0 Å². The lowest BCUT2D eigenvalue weighted by Gasteiger charge is -2.23. The number of aliphatic carboxylic acids is 1. The summed E-state index contributed by atoms with van der Waals surface area (Å²) in [6, 6.07) is 7.81. The molecule has 0 unspecified atom stereocenters. The molecule has 1 aliphatic rings. The predicted molar refractivity (Wildman–Crippen MR) is 79.6 cm³/mol. The normalized spacial score (nSPS) is 16.4. The molecule has 6 heteroatoms. The highest BCUT2D eigenvalue weighted by Gasteiger charge is 2.22. The van der Waals surface area contributed by atoms with Crippen LogP contribution >= 0.6 is 0 Å². The van der Waals surface area contributed by atoms with Gasteiger partial charge < -0.3 is 10.4 Å². The van der Waals surface area contributed by atoms with E-state index in [1.807, 2.05) is 28.8 Å². The zero-order valence-electron chi connectivity index (χ0n) is 11.8. The quantitative estimate of drug-likeness (QED) is 0.887. The number of para-hydroxylation sites is 2. The van der Waals surface area contributed by atoms with E-state index in [1.165, 1.54) is 0 Å². The summed E-state index contributed by atoms with van der Waals surface area (Å²) in [5.41, 5.74) is 1.63. The number of hydrogen-bond donors (Lipinski definition) is 2. The smallest absolute Gasteiger partial charge is 0.329 e. The van der Waals surface area contributed by atoms with Crippen molar-refractivity contribution in [1.29, 1.82) is 0 Å². The van der Waals surface area contributed by atoms with E-state index in [0.29, 0.717) is 0 Å². The third-order valence-corrected chi connectivity index (χ3v) is 4.09. The Hall–Kier alpha value is -2.08. The van der Waals surface area contributed by atoms with Crippen LogP contribution in [0.25, 0.3) is 11.0 Å². The van der Waals surface area contributed by atoms with Gasteiger partial charge in [-0.1, -0.05) is 12.1 Å². The molecule has 1 fully saturated rings. The van der Waals surface area contributed by atoms with Crippen LogP contribution in [0.15, 0.2) is 29.1 Å². The van der Waals surface area contributed by atoms with E-state index in [-0.39, 0.29) is 24.7 Å². The average molecular weight is 289 g/mol. The number of rotatable bonds is 4. The monoisotopic (exact) mass is 289 g/mol. The Morgan fingerprint density at radius 1 is 1.24 bits per heavy atom. The first-order valence-corrected chi connectivity index (χ1v) is 7.31. The van der Waals surface area contributed by atoms with E-state index in [9.17, 15) is 9.59 Å². The molecule has 3 rings (SSSR count). The molecule has 0 amide bonds. The number of aryl methyl sites for hydroxylation is 1. The second kappa shape index (κ2) is 5.73. The number of aromatic nitrogens is 2. The maximum absolute atomic E-state index is 12.7. The molecule has 0 radical (unpaired) electrons. The zero-order valence-corrected chi connectivity index (χ0v) is 11.8. The van der Waals surface area contributed by atoms with Gasteiger partial charge in [0, 0.05) is 12.6 Å². The largest absolute Gasteiger partial charge is 0.481 e. The van der Waals surface area contributed by atoms with Gasteiger partial charge in [0.2, 0.25) is 0 Å². The molecule has 1 aliphatic heterocycles. The minimum atomic E-state index is -0.888. The van der Waals surface area contributed by atoms with Crippen molar-refractivity contribution in [1.82, 2.24) is 14.5 Å². The van der Waals surface area contributed by atoms with Crippen molar-refractivity contribution < 1.29 is 9.90 Å². The van der Waals surface area contributed by atoms with Crippen LogP contribution in [0.5, 0.6) is 0 Å². The van der Waals surface area contributed by atoms with Crippen molar-refractivity contribution in [3.05, 3.63) is 34.7 Å². The van der Waals surface area contributed by atoms with E-state index in [1.54, 1.807) is 4.57 Å². The molecular weight excluding hydrogens is 270 g/mol. The van der Waals surface area contributed by atoms with E-state index in [4.69, 9.17) is 5.11 Å². The van der Waals surface area contributed by atoms with Crippen molar-refractivity contribution in [3.63, 3.8) is 0 Å². The van der Waals surface area contributed by atoms with E-state index < -0.39 is 5.97 Å². The van der Waals surface area contributed by atoms with Gasteiger partial charge >= 0.3 is 11.7 Å². The first kappa shape index (κ1) is 13.9. The van der Waals surface area contributed by atoms with Crippen molar-refractivity contribution in [3.8, 4) is 0 Å². The third-order valence-electron chi connectivity index (χ3n) is 4.09. The molecule has 21 heavy (non-hydrogen) atoms. The van der Waals surface area contributed by atoms with Gasteiger partial charge in [-0.05, 0) is 38.1 Å². The van der Waals surface area contributed by atoms with Crippen LogP contribution in [0.1, 0.15) is 25.3 Å². The summed E-state index contributed by atoms with van der Waals surface area (Å²) in [4.78, 5) is 23.5. The van der Waals surface area contributed by atoms with E-state index in [2.05, 4.69) is 5.32 Å². The number of imidazole rings is 1. The van der Waals surface area contributed by atoms with Gasteiger partial charge in [0.25, 0.3) is 0 Å². The summed E-state index contributed by atoms with van der Waals surface area (Å²) in [7, 11) is 0. The molecule has 0 saturated carbocycles. The van der Waals surface area contributed by atoms with Gasteiger partial charge in [-0.25, -0.2) is 4.79 Å². The van der Waals surface area contributed by atoms with E-state index in [0.717, 1.165) is 37.0 Å². The van der Waals surface area contributed by atoms with Crippen molar-refractivity contribution in [2.45, 2.75) is 31.8 Å². The molecule has 1 saturated heterocycles. The molecule has 2 aromatic rings. The molecule has 6 nitrogen and oxygen atoms in total. The topological polar surface area (TPSA) is 76.3 Å². The Labute approximate surface area is 122 Å². The highest BCUT2D eigenvalue weighted by molar-refractivity contribution is 5.76. The van der Waals surface area contributed by atoms with Gasteiger partial charge in [0.15, 0.2) is 0 Å².